The van der Waals surface area contributed by atoms with Crippen LogP contribution in [0.5, 0.6) is 5.75 Å². The van der Waals surface area contributed by atoms with Gasteiger partial charge in [0.2, 0.25) is 10.0 Å². The van der Waals surface area contributed by atoms with Crippen molar-refractivity contribution >= 4 is 15.9 Å². The first kappa shape index (κ1) is 18.4. The Balaban J connectivity index is 1.76. The van der Waals surface area contributed by atoms with Gasteiger partial charge in [-0.1, -0.05) is 24.3 Å². The van der Waals surface area contributed by atoms with Gasteiger partial charge in [-0.15, -0.1) is 0 Å². The fraction of sp³-hybridized carbons (Fsp3) is 0.316. The van der Waals surface area contributed by atoms with E-state index in [4.69, 9.17) is 4.74 Å². The smallest absolute Gasteiger partial charge is 0.251 e. The van der Waals surface area contributed by atoms with E-state index in [0.29, 0.717) is 11.3 Å². The van der Waals surface area contributed by atoms with E-state index in [2.05, 4.69) is 10.0 Å². The molecule has 6 nitrogen and oxygen atoms in total. The van der Waals surface area contributed by atoms with Crippen LogP contribution in [0.1, 0.15) is 41.7 Å². The van der Waals surface area contributed by atoms with Crippen LogP contribution in [0.25, 0.3) is 0 Å². The van der Waals surface area contributed by atoms with Crippen molar-refractivity contribution in [1.29, 1.82) is 0 Å². The molecule has 7 heteroatoms. The predicted molar refractivity (Wildman–Crippen MR) is 98.7 cm³/mol. The summed E-state index contributed by atoms with van der Waals surface area (Å²) in [7, 11) is -2.02. The lowest BCUT2D eigenvalue weighted by Gasteiger charge is -2.17. The molecule has 3 rings (SSSR count). The highest BCUT2D eigenvalue weighted by Gasteiger charge is 2.28. The number of benzene rings is 2. The number of methoxy groups -OCH3 is 1. The van der Waals surface area contributed by atoms with Crippen LogP contribution in [-0.2, 0) is 10.0 Å². The average Bonchev–Trinajstić information content (AvgIpc) is 3.45. The summed E-state index contributed by atoms with van der Waals surface area (Å²) in [5.74, 6) is 0.345. The van der Waals surface area contributed by atoms with Gasteiger partial charge in [-0.2, -0.15) is 0 Å². The molecule has 2 aromatic carbocycles. The molecule has 2 N–H and O–H groups in total. The van der Waals surface area contributed by atoms with Gasteiger partial charge in [0.1, 0.15) is 5.75 Å². The predicted octanol–water partition coefficient (Wildman–Crippen LogP) is 2.63. The van der Waals surface area contributed by atoms with Crippen molar-refractivity contribution in [2.75, 3.05) is 7.11 Å². The number of hydrogen-bond donors (Lipinski definition) is 2. The molecule has 0 saturated heterocycles. The molecular weight excluding hydrogens is 352 g/mol. The average molecular weight is 374 g/mol. The molecule has 2 aromatic rings. The van der Waals surface area contributed by atoms with Crippen molar-refractivity contribution in [3.05, 3.63) is 59.7 Å². The summed E-state index contributed by atoms with van der Waals surface area (Å²) in [5, 5.41) is 2.88. The summed E-state index contributed by atoms with van der Waals surface area (Å²) < 4.78 is 32.6. The van der Waals surface area contributed by atoms with Gasteiger partial charge in [0.25, 0.3) is 5.91 Å². The molecule has 1 aliphatic carbocycles. The zero-order valence-corrected chi connectivity index (χ0v) is 15.5. The van der Waals surface area contributed by atoms with Crippen LogP contribution in [-0.4, -0.2) is 27.5 Å². The van der Waals surface area contributed by atoms with Gasteiger partial charge in [-0.3, -0.25) is 4.79 Å². The quantitative estimate of drug-likeness (QED) is 0.780. The molecule has 0 heterocycles. The Hall–Kier alpha value is -2.38. The summed E-state index contributed by atoms with van der Waals surface area (Å²) in [5.41, 5.74) is 1.15. The van der Waals surface area contributed by atoms with Crippen LogP contribution in [0.15, 0.2) is 53.4 Å². The van der Waals surface area contributed by atoms with Crippen molar-refractivity contribution in [2.24, 2.45) is 0 Å². The van der Waals surface area contributed by atoms with Gasteiger partial charge < -0.3 is 10.1 Å². The molecule has 1 fully saturated rings. The molecule has 0 spiro atoms. The molecular formula is C19H22N2O4S. The normalized spacial score (nSPS) is 15.3. The van der Waals surface area contributed by atoms with Crippen LogP contribution in [0.2, 0.25) is 0 Å². The minimum absolute atomic E-state index is 0.0167. The van der Waals surface area contributed by atoms with E-state index in [1.165, 1.54) is 12.1 Å². The van der Waals surface area contributed by atoms with Gasteiger partial charge in [0.05, 0.1) is 18.0 Å². The molecule has 1 atom stereocenters. The molecule has 0 radical (unpaired) electrons. The highest BCUT2D eigenvalue weighted by Crippen LogP contribution is 2.25. The summed E-state index contributed by atoms with van der Waals surface area (Å²) in [4.78, 5) is 12.7. The standard InChI is InChI=1S/C19H22N2O4S/c1-13(17-8-3-4-9-18(17)25-2)20-19(22)14-6-5-7-16(12-14)26(23,24)21-15-10-11-15/h3-9,12-13,15,21H,10-11H2,1-2H3,(H,20,22). The summed E-state index contributed by atoms with van der Waals surface area (Å²) in [6.07, 6.45) is 1.71. The monoisotopic (exact) mass is 374 g/mol. The van der Waals surface area contributed by atoms with Crippen molar-refractivity contribution in [1.82, 2.24) is 10.0 Å². The first-order chi connectivity index (χ1) is 12.4. The van der Waals surface area contributed by atoms with Crippen LogP contribution in [0.4, 0.5) is 0 Å². The third-order valence-corrected chi connectivity index (χ3v) is 5.78. The third kappa shape index (κ3) is 4.23. The van der Waals surface area contributed by atoms with Crippen LogP contribution in [0, 0.1) is 0 Å². The second kappa shape index (κ2) is 7.47. The Kier molecular flexibility index (Phi) is 5.29. The maximum Gasteiger partial charge on any atom is 0.251 e. The zero-order valence-electron chi connectivity index (χ0n) is 14.7. The fourth-order valence-electron chi connectivity index (χ4n) is 2.68. The fourth-order valence-corrected chi connectivity index (χ4v) is 4.03. The second-order valence-electron chi connectivity index (χ2n) is 6.36. The summed E-state index contributed by atoms with van der Waals surface area (Å²) in [6.45, 7) is 1.85. The minimum atomic E-state index is -3.59. The molecule has 26 heavy (non-hydrogen) atoms. The van der Waals surface area contributed by atoms with Gasteiger partial charge >= 0.3 is 0 Å². The molecule has 1 aliphatic rings. The minimum Gasteiger partial charge on any atom is -0.496 e. The Morgan fingerprint density at radius 3 is 2.58 bits per heavy atom. The topological polar surface area (TPSA) is 84.5 Å². The highest BCUT2D eigenvalue weighted by molar-refractivity contribution is 7.89. The second-order valence-corrected chi connectivity index (χ2v) is 8.07. The molecule has 1 saturated carbocycles. The Bertz CT molecular complexity index is 907. The lowest BCUT2D eigenvalue weighted by molar-refractivity contribution is 0.0939. The van der Waals surface area contributed by atoms with E-state index in [1.54, 1.807) is 19.2 Å². The first-order valence-electron chi connectivity index (χ1n) is 8.47. The van der Waals surface area contributed by atoms with Gasteiger partial charge in [-0.25, -0.2) is 13.1 Å². The Morgan fingerprint density at radius 2 is 1.88 bits per heavy atom. The number of carbonyl (C=O) groups excluding carboxylic acids is 1. The first-order valence-corrected chi connectivity index (χ1v) is 9.95. The van der Waals surface area contributed by atoms with E-state index < -0.39 is 10.0 Å². The number of hydrogen-bond acceptors (Lipinski definition) is 4. The van der Waals surface area contributed by atoms with Gasteiger partial charge in [0.15, 0.2) is 0 Å². The Labute approximate surface area is 153 Å². The lowest BCUT2D eigenvalue weighted by atomic mass is 10.1. The van der Waals surface area contributed by atoms with Crippen molar-refractivity contribution in [2.45, 2.75) is 36.7 Å². The molecule has 138 valence electrons. The van der Waals surface area contributed by atoms with Crippen molar-refractivity contribution in [3.8, 4) is 5.75 Å². The maximum absolute atomic E-state index is 12.6. The van der Waals surface area contributed by atoms with Gasteiger partial charge in [0, 0.05) is 17.2 Å². The highest BCUT2D eigenvalue weighted by atomic mass is 32.2. The van der Waals surface area contributed by atoms with Crippen molar-refractivity contribution in [3.63, 3.8) is 0 Å². The SMILES string of the molecule is COc1ccccc1C(C)NC(=O)c1cccc(S(=O)(=O)NC2CC2)c1. The largest absolute Gasteiger partial charge is 0.496 e. The van der Waals surface area contributed by atoms with Crippen LogP contribution >= 0.6 is 0 Å². The van der Waals surface area contributed by atoms with E-state index in [0.717, 1.165) is 18.4 Å². The number of para-hydroxylation sites is 1. The van der Waals surface area contributed by atoms with E-state index in [1.807, 2.05) is 31.2 Å². The number of rotatable bonds is 7. The maximum atomic E-state index is 12.6. The number of ether oxygens (including phenoxy) is 1. The summed E-state index contributed by atoms with van der Waals surface area (Å²) in [6, 6.07) is 13.2. The summed E-state index contributed by atoms with van der Waals surface area (Å²) >= 11 is 0. The van der Waals surface area contributed by atoms with Gasteiger partial charge in [-0.05, 0) is 44.0 Å². The molecule has 1 unspecified atom stereocenters. The number of amides is 1. The zero-order chi connectivity index (χ0) is 18.7. The molecule has 0 aliphatic heterocycles. The lowest BCUT2D eigenvalue weighted by Crippen LogP contribution is -2.28. The number of carbonyl (C=O) groups is 1. The van der Waals surface area contributed by atoms with E-state index in [-0.39, 0.29) is 22.9 Å². The van der Waals surface area contributed by atoms with Crippen LogP contribution < -0.4 is 14.8 Å². The molecule has 0 bridgehead atoms. The molecule has 1 amide bonds. The van der Waals surface area contributed by atoms with Crippen LogP contribution in [0.3, 0.4) is 0 Å². The number of sulfonamides is 1. The third-order valence-electron chi connectivity index (χ3n) is 4.26. The number of nitrogens with one attached hydrogen (secondary N) is 2. The van der Waals surface area contributed by atoms with Crippen molar-refractivity contribution < 1.29 is 17.9 Å². The molecule has 0 aromatic heterocycles. The van der Waals surface area contributed by atoms with E-state index in [9.17, 15) is 13.2 Å². The Morgan fingerprint density at radius 1 is 1.15 bits per heavy atom. The van der Waals surface area contributed by atoms with E-state index >= 15 is 0 Å².